The average molecular weight is 256 g/mol. The molecule has 6 nitrogen and oxygen atoms in total. The number of hydrogen-bond donors (Lipinski definition) is 2. The minimum absolute atomic E-state index is 0.154. The number of aromatic nitrogens is 2. The van der Waals surface area contributed by atoms with E-state index in [4.69, 9.17) is 4.74 Å². The minimum Gasteiger partial charge on any atom is -0.381 e. The Hall–Kier alpha value is -1.21. The first-order valence-electron chi connectivity index (χ1n) is 5.73. The van der Waals surface area contributed by atoms with Crippen LogP contribution in [0.15, 0.2) is 0 Å². The van der Waals surface area contributed by atoms with Crippen molar-refractivity contribution in [3.05, 3.63) is 5.01 Å². The van der Waals surface area contributed by atoms with Crippen molar-refractivity contribution in [2.75, 3.05) is 31.6 Å². The van der Waals surface area contributed by atoms with Crippen molar-refractivity contribution in [1.82, 2.24) is 15.5 Å². The Bertz CT molecular complexity index is 376. The van der Waals surface area contributed by atoms with Gasteiger partial charge in [-0.3, -0.25) is 4.79 Å². The molecule has 2 rings (SSSR count). The summed E-state index contributed by atoms with van der Waals surface area (Å²) in [5.41, 5.74) is 0. The van der Waals surface area contributed by atoms with Gasteiger partial charge in [0, 0.05) is 25.6 Å². The van der Waals surface area contributed by atoms with Gasteiger partial charge in [-0.15, -0.1) is 10.2 Å². The summed E-state index contributed by atoms with van der Waals surface area (Å²) < 4.78 is 5.24. The van der Waals surface area contributed by atoms with Crippen molar-refractivity contribution >= 4 is 22.4 Å². The van der Waals surface area contributed by atoms with Gasteiger partial charge in [0.15, 0.2) is 0 Å². The molecular weight excluding hydrogens is 240 g/mol. The van der Waals surface area contributed by atoms with Gasteiger partial charge < -0.3 is 15.4 Å². The highest BCUT2D eigenvalue weighted by Gasteiger charge is 2.18. The summed E-state index contributed by atoms with van der Waals surface area (Å²) in [4.78, 5) is 11.7. The number of carbonyl (C=O) groups excluding carboxylic acids is 1. The van der Waals surface area contributed by atoms with E-state index in [-0.39, 0.29) is 5.91 Å². The topological polar surface area (TPSA) is 76.1 Å². The summed E-state index contributed by atoms with van der Waals surface area (Å²) >= 11 is 1.27. The van der Waals surface area contributed by atoms with E-state index in [1.54, 1.807) is 0 Å². The molecule has 1 aromatic rings. The lowest BCUT2D eigenvalue weighted by Crippen LogP contribution is -2.29. The second-order valence-electron chi connectivity index (χ2n) is 3.88. The fourth-order valence-corrected chi connectivity index (χ4v) is 2.32. The van der Waals surface area contributed by atoms with Crippen LogP contribution in [0.4, 0.5) is 5.13 Å². The number of carbonyl (C=O) groups is 1. The second-order valence-corrected chi connectivity index (χ2v) is 4.86. The number of anilines is 1. The number of amides is 1. The van der Waals surface area contributed by atoms with Crippen molar-refractivity contribution in [3.63, 3.8) is 0 Å². The number of nitrogens with one attached hydrogen (secondary N) is 2. The van der Waals surface area contributed by atoms with Crippen LogP contribution in [0.3, 0.4) is 0 Å². The Morgan fingerprint density at radius 3 is 3.18 bits per heavy atom. The maximum Gasteiger partial charge on any atom is 0.282 e. The highest BCUT2D eigenvalue weighted by Crippen LogP contribution is 2.15. The largest absolute Gasteiger partial charge is 0.381 e. The monoisotopic (exact) mass is 256 g/mol. The molecule has 1 unspecified atom stereocenters. The number of nitrogens with zero attached hydrogens (tertiary/aromatic N) is 2. The first kappa shape index (κ1) is 12.3. The summed E-state index contributed by atoms with van der Waals surface area (Å²) in [6.45, 7) is 4.93. The maximum absolute atomic E-state index is 11.7. The van der Waals surface area contributed by atoms with E-state index in [1.807, 2.05) is 6.92 Å². The molecule has 1 aromatic heterocycles. The van der Waals surface area contributed by atoms with Gasteiger partial charge in [-0.25, -0.2) is 0 Å². The molecule has 1 atom stereocenters. The van der Waals surface area contributed by atoms with Gasteiger partial charge in [0.05, 0.1) is 6.61 Å². The molecule has 0 bridgehead atoms. The third-order valence-corrected chi connectivity index (χ3v) is 3.40. The van der Waals surface area contributed by atoms with Crippen LogP contribution in [0.25, 0.3) is 0 Å². The van der Waals surface area contributed by atoms with Crippen LogP contribution in [-0.4, -0.2) is 42.4 Å². The molecule has 1 amide bonds. The molecule has 0 aromatic carbocycles. The van der Waals surface area contributed by atoms with Gasteiger partial charge in [0.25, 0.3) is 5.91 Å². The zero-order valence-corrected chi connectivity index (χ0v) is 10.5. The second kappa shape index (κ2) is 5.92. The van der Waals surface area contributed by atoms with Gasteiger partial charge in [-0.2, -0.15) is 0 Å². The summed E-state index contributed by atoms with van der Waals surface area (Å²) in [6, 6.07) is 0. The van der Waals surface area contributed by atoms with E-state index >= 15 is 0 Å². The standard InChI is InChI=1S/C10H16N4O2S/c1-2-11-10-14-13-9(17-10)8(15)12-5-7-3-4-16-6-7/h7H,2-6H2,1H3,(H,11,14)(H,12,15). The zero-order chi connectivity index (χ0) is 12.1. The molecule has 0 aliphatic carbocycles. The van der Waals surface area contributed by atoms with Crippen molar-refractivity contribution in [1.29, 1.82) is 0 Å². The first-order valence-corrected chi connectivity index (χ1v) is 6.54. The quantitative estimate of drug-likeness (QED) is 0.812. The maximum atomic E-state index is 11.7. The van der Waals surface area contributed by atoms with Crippen LogP contribution in [0.2, 0.25) is 0 Å². The lowest BCUT2D eigenvalue weighted by Gasteiger charge is -2.07. The van der Waals surface area contributed by atoms with Gasteiger partial charge >= 0.3 is 0 Å². The van der Waals surface area contributed by atoms with Crippen LogP contribution in [-0.2, 0) is 4.74 Å². The van der Waals surface area contributed by atoms with Crippen molar-refractivity contribution < 1.29 is 9.53 Å². The number of rotatable bonds is 5. The third-order valence-electron chi connectivity index (χ3n) is 2.52. The summed E-state index contributed by atoms with van der Waals surface area (Å²) in [5.74, 6) is 0.277. The smallest absolute Gasteiger partial charge is 0.282 e. The minimum atomic E-state index is -0.154. The van der Waals surface area contributed by atoms with Gasteiger partial charge in [-0.1, -0.05) is 11.3 Å². The predicted octanol–water partition coefficient (Wildman–Crippen LogP) is 0.736. The molecule has 1 aliphatic heterocycles. The molecule has 0 spiro atoms. The van der Waals surface area contributed by atoms with Crippen LogP contribution in [0.1, 0.15) is 23.1 Å². The predicted molar refractivity (Wildman–Crippen MR) is 65.3 cm³/mol. The van der Waals surface area contributed by atoms with E-state index in [1.165, 1.54) is 11.3 Å². The van der Waals surface area contributed by atoms with Crippen molar-refractivity contribution in [2.24, 2.45) is 5.92 Å². The third kappa shape index (κ3) is 3.37. The lowest BCUT2D eigenvalue weighted by molar-refractivity contribution is 0.0944. The molecule has 2 N–H and O–H groups in total. The lowest BCUT2D eigenvalue weighted by atomic mass is 10.1. The number of hydrogen-bond acceptors (Lipinski definition) is 6. The van der Waals surface area contributed by atoms with Crippen molar-refractivity contribution in [3.8, 4) is 0 Å². The fraction of sp³-hybridized carbons (Fsp3) is 0.700. The molecule has 2 heterocycles. The summed E-state index contributed by atoms with van der Waals surface area (Å²) in [5, 5.41) is 14.7. The highest BCUT2D eigenvalue weighted by molar-refractivity contribution is 7.17. The Labute approximate surface area is 104 Å². The van der Waals surface area contributed by atoms with E-state index in [0.29, 0.717) is 22.6 Å². The van der Waals surface area contributed by atoms with E-state index < -0.39 is 0 Å². The molecule has 0 saturated carbocycles. The molecule has 0 radical (unpaired) electrons. The molecule has 94 valence electrons. The molecule has 17 heavy (non-hydrogen) atoms. The average Bonchev–Trinajstić information content (AvgIpc) is 2.97. The molecule has 1 saturated heterocycles. The van der Waals surface area contributed by atoms with Crippen LogP contribution < -0.4 is 10.6 Å². The molecule has 7 heteroatoms. The van der Waals surface area contributed by atoms with Gasteiger partial charge in [-0.05, 0) is 13.3 Å². The molecule has 1 aliphatic rings. The highest BCUT2D eigenvalue weighted by atomic mass is 32.1. The van der Waals surface area contributed by atoms with Crippen molar-refractivity contribution in [2.45, 2.75) is 13.3 Å². The summed E-state index contributed by atoms with van der Waals surface area (Å²) in [7, 11) is 0. The number of ether oxygens (including phenoxy) is 1. The van der Waals surface area contributed by atoms with Gasteiger partial charge in [0.2, 0.25) is 10.1 Å². The van der Waals surface area contributed by atoms with Gasteiger partial charge in [0.1, 0.15) is 0 Å². The van der Waals surface area contributed by atoms with E-state index in [2.05, 4.69) is 20.8 Å². The molecule has 1 fully saturated rings. The Kier molecular flexibility index (Phi) is 4.27. The Morgan fingerprint density at radius 2 is 2.47 bits per heavy atom. The Balaban J connectivity index is 1.81. The fourth-order valence-electron chi connectivity index (χ4n) is 1.59. The molecular formula is C10H16N4O2S. The Morgan fingerprint density at radius 1 is 1.59 bits per heavy atom. The summed E-state index contributed by atoms with van der Waals surface area (Å²) in [6.07, 6.45) is 1.01. The first-order chi connectivity index (χ1) is 8.29. The zero-order valence-electron chi connectivity index (χ0n) is 9.73. The van der Waals surface area contributed by atoms with E-state index in [0.717, 1.165) is 26.2 Å². The SMILES string of the molecule is CCNc1nnc(C(=O)NCC2CCOC2)s1. The van der Waals surface area contributed by atoms with E-state index in [9.17, 15) is 4.79 Å². The van der Waals surface area contributed by atoms with Crippen LogP contribution in [0.5, 0.6) is 0 Å². The van der Waals surface area contributed by atoms with Crippen LogP contribution in [0, 0.1) is 5.92 Å². The normalized spacial score (nSPS) is 19.2. The van der Waals surface area contributed by atoms with Crippen LogP contribution >= 0.6 is 11.3 Å².